The van der Waals surface area contributed by atoms with Crippen molar-refractivity contribution in [1.29, 1.82) is 0 Å². The summed E-state index contributed by atoms with van der Waals surface area (Å²) in [4.78, 5) is 116. The molecule has 7 heterocycles. The van der Waals surface area contributed by atoms with Gasteiger partial charge in [-0.05, 0) is 59.3 Å². The van der Waals surface area contributed by atoms with Gasteiger partial charge < -0.3 is 34.8 Å². The molecular formula is C38H62N10O15S. The van der Waals surface area contributed by atoms with E-state index < -0.39 is 57.0 Å². The van der Waals surface area contributed by atoms with Crippen molar-refractivity contribution in [2.45, 2.75) is 101 Å². The third kappa shape index (κ3) is 12.5. The largest absolute Gasteiger partial charge is 0.459 e. The highest BCUT2D eigenvalue weighted by Gasteiger charge is 2.50. The number of ether oxygens (including phenoxy) is 2. The number of hydroxylamine groups is 6. The topological polar surface area (TPSA) is 276 Å². The van der Waals surface area contributed by atoms with Crippen molar-refractivity contribution in [3.63, 3.8) is 0 Å². The van der Waals surface area contributed by atoms with E-state index in [-0.39, 0.29) is 61.1 Å². The van der Waals surface area contributed by atoms with Crippen molar-refractivity contribution in [3.8, 4) is 0 Å². The fourth-order valence-corrected chi connectivity index (χ4v) is 9.31. The molecule has 7 saturated heterocycles. The number of carbonyl (C=O) groups excluding carboxylic acids is 8. The minimum Gasteiger partial charge on any atom is -0.459 e. The number of Topliss-reactive ketones (excluding diaryl/α,β-unsaturated/α-hetero) is 1. The smallest absolute Gasteiger partial charge is 0.345 e. The monoisotopic (exact) mass is 930 g/mol. The van der Waals surface area contributed by atoms with Gasteiger partial charge in [-0.3, -0.25) is 43.9 Å². The Kier molecular flexibility index (Phi) is 16.8. The van der Waals surface area contributed by atoms with Gasteiger partial charge in [0.1, 0.15) is 36.0 Å². The number of sulfone groups is 1. The highest BCUT2D eigenvalue weighted by atomic mass is 32.2. The SMILES string of the molecule is CON1C(=O)N2C[C@H]1CC[C@H]2C(=O)NCC(=O)CS(C)(=O)=O.CON1C(=O)N2C[C@H]1CC[C@H]2C(=O)NCC(=O)OC(C)(C)C.CON1C(=O)N2C[C@H]1CC[C@H]2C(=O)NN1CCOCC1. The number of fused-ring (bicyclic) bond motifs is 6. The molecule has 7 aliphatic rings. The quantitative estimate of drug-likeness (QED) is 0.169. The molecule has 0 unspecified atom stereocenters. The summed E-state index contributed by atoms with van der Waals surface area (Å²) in [5, 5.41) is 10.7. The Hall–Kier alpha value is -4.89. The number of hydrogen-bond acceptors (Lipinski definition) is 16. The minimum atomic E-state index is -3.41. The van der Waals surface area contributed by atoms with Crippen LogP contribution in [-0.4, -0.2) is 225 Å². The van der Waals surface area contributed by atoms with Gasteiger partial charge in [-0.2, -0.15) is 15.2 Å². The van der Waals surface area contributed by atoms with Crippen molar-refractivity contribution >= 4 is 57.4 Å². The van der Waals surface area contributed by atoms with Crippen LogP contribution in [-0.2, 0) is 57.8 Å². The summed E-state index contributed by atoms with van der Waals surface area (Å²) in [5.74, 6) is -2.60. The number of amides is 9. The van der Waals surface area contributed by atoms with E-state index in [1.165, 1.54) is 46.3 Å². The van der Waals surface area contributed by atoms with Gasteiger partial charge in [0.05, 0.1) is 59.2 Å². The molecule has 6 bridgehead atoms. The van der Waals surface area contributed by atoms with E-state index in [0.29, 0.717) is 78.0 Å². The van der Waals surface area contributed by atoms with Gasteiger partial charge in [-0.25, -0.2) is 27.8 Å². The molecule has 25 nitrogen and oxygen atoms in total. The van der Waals surface area contributed by atoms with Crippen LogP contribution >= 0.6 is 0 Å². The summed E-state index contributed by atoms with van der Waals surface area (Å²) in [5.41, 5.74) is 2.29. The number of hydrogen-bond donors (Lipinski definition) is 3. The maximum atomic E-state index is 12.3. The molecule has 0 saturated carbocycles. The summed E-state index contributed by atoms with van der Waals surface area (Å²) >= 11 is 0. The van der Waals surface area contributed by atoms with Crippen molar-refractivity contribution in [2.75, 3.05) is 92.4 Å². The number of carbonyl (C=O) groups is 8. The number of morpholine rings is 1. The lowest BCUT2D eigenvalue weighted by atomic mass is 10.0. The number of esters is 1. The second kappa shape index (κ2) is 21.4. The highest BCUT2D eigenvalue weighted by Crippen LogP contribution is 2.32. The Balaban J connectivity index is 0.000000181. The van der Waals surface area contributed by atoms with Gasteiger partial charge in [0, 0.05) is 39.0 Å². The summed E-state index contributed by atoms with van der Waals surface area (Å²) in [6.07, 6.45) is 4.77. The molecule has 7 fully saturated rings. The van der Waals surface area contributed by atoms with Crippen LogP contribution in [0.15, 0.2) is 0 Å². The van der Waals surface area contributed by atoms with Crippen LogP contribution in [0.3, 0.4) is 0 Å². The number of hydrazine groups is 1. The number of nitrogens with zero attached hydrogens (tertiary/aromatic N) is 7. The van der Waals surface area contributed by atoms with Gasteiger partial charge in [0.25, 0.3) is 5.91 Å². The zero-order valence-electron chi connectivity index (χ0n) is 37.4. The average Bonchev–Trinajstić information content (AvgIpc) is 3.74. The lowest BCUT2D eigenvalue weighted by molar-refractivity contribution is -0.154. The van der Waals surface area contributed by atoms with E-state index in [9.17, 15) is 46.8 Å². The van der Waals surface area contributed by atoms with E-state index in [2.05, 4.69) is 16.1 Å². The average molecular weight is 931 g/mol. The number of rotatable bonds is 13. The third-order valence-electron chi connectivity index (χ3n) is 11.5. The van der Waals surface area contributed by atoms with Crippen LogP contribution in [0.1, 0.15) is 59.3 Å². The van der Waals surface area contributed by atoms with Crippen molar-refractivity contribution in [3.05, 3.63) is 0 Å². The van der Waals surface area contributed by atoms with Crippen LogP contribution < -0.4 is 16.1 Å². The fraction of sp³-hybridized carbons (Fsp3) is 0.789. The molecule has 0 spiro atoms. The van der Waals surface area contributed by atoms with Crippen molar-refractivity contribution < 1.29 is 70.8 Å². The molecule has 3 N–H and O–H groups in total. The van der Waals surface area contributed by atoms with E-state index >= 15 is 0 Å². The standard InChI is InChI=1S/C14H23N3O5.C12H20N4O4.C12H19N3O6S/c1-14(2,3)22-11(18)7-15-12(19)10-6-5-9-8-16(10)13(20)17(9)21-4;1-19-16-9-2-3-10(15(8-9)12(16)18)11(17)13-14-4-6-20-7-5-14;1-21-15-8-3-4-10(14(6-8)12(15)18)11(17)13-5-9(16)7-22(2,19)20/h9-10H,5-8H2,1-4H3,(H,15,19);9-10H,2-8H2,1H3,(H,13,17);8,10H,3-7H2,1-2H3,(H,13,17)/t2*9-,10+;8-,10+/m111/s1. The molecule has 0 aromatic rings. The highest BCUT2D eigenvalue weighted by molar-refractivity contribution is 7.91. The van der Waals surface area contributed by atoms with Crippen molar-refractivity contribution in [2.24, 2.45) is 0 Å². The number of urea groups is 3. The van der Waals surface area contributed by atoms with E-state index in [1.807, 2.05) is 5.01 Å². The maximum absolute atomic E-state index is 12.3. The van der Waals surface area contributed by atoms with Gasteiger partial charge in [0.15, 0.2) is 15.6 Å². The number of nitrogens with one attached hydrogen (secondary N) is 3. The van der Waals surface area contributed by atoms with Crippen LogP contribution in [0, 0.1) is 0 Å². The Bertz CT molecular complexity index is 1880. The maximum Gasteiger partial charge on any atom is 0.345 e. The fourth-order valence-electron chi connectivity index (χ4n) is 8.62. The van der Waals surface area contributed by atoms with E-state index in [4.69, 9.17) is 24.0 Å². The molecule has 7 rings (SSSR count). The molecule has 9 amide bonds. The van der Waals surface area contributed by atoms with Gasteiger partial charge in [-0.1, -0.05) is 0 Å². The predicted molar refractivity (Wildman–Crippen MR) is 220 cm³/mol. The normalized spacial score (nSPS) is 26.5. The Morgan fingerprint density at radius 1 is 0.641 bits per heavy atom. The second-order valence-electron chi connectivity index (χ2n) is 17.3. The molecular weight excluding hydrogens is 869 g/mol. The molecule has 6 atom stereocenters. The van der Waals surface area contributed by atoms with Crippen LogP contribution in [0.5, 0.6) is 0 Å². The second-order valence-corrected chi connectivity index (χ2v) is 19.4. The van der Waals surface area contributed by atoms with E-state index in [1.54, 1.807) is 25.7 Å². The molecule has 64 heavy (non-hydrogen) atoms. The van der Waals surface area contributed by atoms with Gasteiger partial charge in [-0.15, -0.1) is 0 Å². The van der Waals surface area contributed by atoms with Crippen LogP contribution in [0.2, 0.25) is 0 Å². The van der Waals surface area contributed by atoms with Crippen LogP contribution in [0.4, 0.5) is 14.4 Å². The summed E-state index contributed by atoms with van der Waals surface area (Å²) < 4.78 is 32.4. The Morgan fingerprint density at radius 3 is 1.41 bits per heavy atom. The summed E-state index contributed by atoms with van der Waals surface area (Å²) in [6.45, 7) is 8.75. The molecule has 360 valence electrons. The molecule has 0 aromatic heterocycles. The third-order valence-corrected chi connectivity index (χ3v) is 12.3. The Morgan fingerprint density at radius 2 is 1.03 bits per heavy atom. The van der Waals surface area contributed by atoms with Crippen molar-refractivity contribution in [1.82, 2.24) is 51.0 Å². The van der Waals surface area contributed by atoms with Gasteiger partial charge >= 0.3 is 24.1 Å². The molecule has 0 aliphatic carbocycles. The zero-order valence-corrected chi connectivity index (χ0v) is 38.3. The first kappa shape index (κ1) is 50.1. The van der Waals surface area contributed by atoms with E-state index in [0.717, 1.165) is 12.7 Å². The first-order valence-corrected chi connectivity index (χ1v) is 23.2. The van der Waals surface area contributed by atoms with Crippen LogP contribution in [0.25, 0.3) is 0 Å². The number of piperidine rings is 3. The molecule has 7 aliphatic heterocycles. The molecule has 26 heteroatoms. The zero-order chi connectivity index (χ0) is 47.1. The summed E-state index contributed by atoms with van der Waals surface area (Å²) in [7, 11) is 0.919. The Labute approximate surface area is 371 Å². The predicted octanol–water partition coefficient (Wildman–Crippen LogP) is -2.00. The first-order chi connectivity index (χ1) is 30.2. The van der Waals surface area contributed by atoms with Gasteiger partial charge in [0.2, 0.25) is 11.8 Å². The summed E-state index contributed by atoms with van der Waals surface area (Å²) in [6, 6.07) is -2.50. The lowest BCUT2D eigenvalue weighted by Gasteiger charge is -2.33. The minimum absolute atomic E-state index is 0.00703. The molecule has 0 aromatic carbocycles. The molecule has 0 radical (unpaired) electrons. The lowest BCUT2D eigenvalue weighted by Crippen LogP contribution is -2.56. The number of ketones is 1. The first-order valence-electron chi connectivity index (χ1n) is 21.2.